The first kappa shape index (κ1) is 7.98. The van der Waals surface area contributed by atoms with Crippen LogP contribution in [0.5, 0.6) is 0 Å². The summed E-state index contributed by atoms with van der Waals surface area (Å²) in [5.41, 5.74) is 0. The van der Waals surface area contributed by atoms with Crippen molar-refractivity contribution in [3.8, 4) is 0 Å². The van der Waals surface area contributed by atoms with E-state index in [1.165, 1.54) is 0 Å². The van der Waals surface area contributed by atoms with Crippen molar-refractivity contribution in [1.29, 1.82) is 0 Å². The van der Waals surface area contributed by atoms with E-state index in [2.05, 4.69) is 16.9 Å². The van der Waals surface area contributed by atoms with Crippen molar-refractivity contribution in [3.05, 3.63) is 18.2 Å². The van der Waals surface area contributed by atoms with Gasteiger partial charge in [0, 0.05) is 18.8 Å². The van der Waals surface area contributed by atoms with Gasteiger partial charge in [-0.3, -0.25) is 4.79 Å². The van der Waals surface area contributed by atoms with Gasteiger partial charge in [-0.15, -0.1) is 0 Å². The van der Waals surface area contributed by atoms with E-state index in [0.717, 1.165) is 12.8 Å². The molecule has 1 heterocycles. The van der Waals surface area contributed by atoms with E-state index < -0.39 is 0 Å². The van der Waals surface area contributed by atoms with Gasteiger partial charge in [0.15, 0.2) is 11.6 Å². The molecule has 0 fully saturated rings. The number of ketones is 1. The molecule has 3 nitrogen and oxygen atoms in total. The Kier molecular flexibility index (Phi) is 2.83. The number of carbonyl (C=O) groups is 1. The Labute approximate surface area is 65.8 Å². The van der Waals surface area contributed by atoms with Gasteiger partial charge in [-0.2, -0.15) is 0 Å². The number of carbonyl (C=O) groups excluding carboxylic acids is 1. The van der Waals surface area contributed by atoms with Crippen molar-refractivity contribution < 1.29 is 4.79 Å². The van der Waals surface area contributed by atoms with Crippen molar-refractivity contribution in [2.45, 2.75) is 26.2 Å². The first-order valence-electron chi connectivity index (χ1n) is 3.87. The highest BCUT2D eigenvalue weighted by atomic mass is 16.1. The van der Waals surface area contributed by atoms with Gasteiger partial charge in [0.05, 0.1) is 0 Å². The van der Waals surface area contributed by atoms with Crippen LogP contribution in [0.2, 0.25) is 0 Å². The van der Waals surface area contributed by atoms with Gasteiger partial charge in [-0.25, -0.2) is 4.98 Å². The SMILES string of the molecule is CCCCC(=O)c1ncc[nH]1. The molecular formula is C8H12N2O. The maximum absolute atomic E-state index is 11.2. The van der Waals surface area contributed by atoms with Gasteiger partial charge < -0.3 is 4.98 Å². The Balaban J connectivity index is 2.43. The van der Waals surface area contributed by atoms with E-state index in [1.807, 2.05) is 0 Å². The molecule has 1 rings (SSSR count). The number of rotatable bonds is 4. The Hall–Kier alpha value is -1.12. The average molecular weight is 152 g/mol. The third-order valence-corrected chi connectivity index (χ3v) is 1.52. The molecule has 11 heavy (non-hydrogen) atoms. The molecule has 0 spiro atoms. The Morgan fingerprint density at radius 3 is 3.09 bits per heavy atom. The minimum absolute atomic E-state index is 0.108. The van der Waals surface area contributed by atoms with Crippen molar-refractivity contribution in [2.24, 2.45) is 0 Å². The predicted molar refractivity (Wildman–Crippen MR) is 42.4 cm³/mol. The number of unbranched alkanes of at least 4 members (excludes halogenated alkanes) is 1. The van der Waals surface area contributed by atoms with Crippen LogP contribution >= 0.6 is 0 Å². The molecule has 0 aromatic carbocycles. The Bertz CT molecular complexity index is 216. The second-order valence-corrected chi connectivity index (χ2v) is 2.46. The highest BCUT2D eigenvalue weighted by Crippen LogP contribution is 2.00. The topological polar surface area (TPSA) is 45.8 Å². The summed E-state index contributed by atoms with van der Waals surface area (Å²) in [7, 11) is 0. The number of H-pyrrole nitrogens is 1. The lowest BCUT2D eigenvalue weighted by Crippen LogP contribution is -2.00. The quantitative estimate of drug-likeness (QED) is 0.668. The van der Waals surface area contributed by atoms with Crippen LogP contribution in [-0.2, 0) is 0 Å². The van der Waals surface area contributed by atoms with Gasteiger partial charge in [0.1, 0.15) is 0 Å². The minimum Gasteiger partial charge on any atom is -0.342 e. The fourth-order valence-electron chi connectivity index (χ4n) is 0.873. The Morgan fingerprint density at radius 2 is 2.55 bits per heavy atom. The first-order valence-corrected chi connectivity index (χ1v) is 3.87. The lowest BCUT2D eigenvalue weighted by Gasteiger charge is -1.93. The highest BCUT2D eigenvalue weighted by molar-refractivity contribution is 5.92. The summed E-state index contributed by atoms with van der Waals surface area (Å²) in [5.74, 6) is 0.593. The van der Waals surface area contributed by atoms with Crippen LogP contribution in [0.4, 0.5) is 0 Å². The number of hydrogen-bond donors (Lipinski definition) is 1. The van der Waals surface area contributed by atoms with Crippen LogP contribution in [0.25, 0.3) is 0 Å². The number of nitrogens with one attached hydrogen (secondary N) is 1. The van der Waals surface area contributed by atoms with Crippen molar-refractivity contribution in [3.63, 3.8) is 0 Å². The molecule has 0 amide bonds. The predicted octanol–water partition coefficient (Wildman–Crippen LogP) is 1.78. The molecule has 0 atom stereocenters. The summed E-state index contributed by atoms with van der Waals surface area (Å²) in [4.78, 5) is 17.8. The number of imidazole rings is 1. The zero-order chi connectivity index (χ0) is 8.10. The molecule has 0 saturated heterocycles. The smallest absolute Gasteiger partial charge is 0.198 e. The van der Waals surface area contributed by atoms with Crippen LogP contribution in [0.1, 0.15) is 36.8 Å². The van der Waals surface area contributed by atoms with Crippen LogP contribution in [0, 0.1) is 0 Å². The third kappa shape index (κ3) is 2.18. The fraction of sp³-hybridized carbons (Fsp3) is 0.500. The van der Waals surface area contributed by atoms with Gasteiger partial charge >= 0.3 is 0 Å². The van der Waals surface area contributed by atoms with Crippen LogP contribution in [0.15, 0.2) is 12.4 Å². The van der Waals surface area contributed by atoms with Gasteiger partial charge in [-0.05, 0) is 6.42 Å². The van der Waals surface area contributed by atoms with Gasteiger partial charge in [0.25, 0.3) is 0 Å². The molecule has 0 bridgehead atoms. The van der Waals surface area contributed by atoms with E-state index in [4.69, 9.17) is 0 Å². The lowest BCUT2D eigenvalue weighted by molar-refractivity contribution is 0.0970. The number of nitrogens with zero attached hydrogens (tertiary/aromatic N) is 1. The average Bonchev–Trinajstić information content (AvgIpc) is 2.52. The summed E-state index contributed by atoms with van der Waals surface area (Å²) < 4.78 is 0. The van der Waals surface area contributed by atoms with Gasteiger partial charge in [0.2, 0.25) is 0 Å². The van der Waals surface area contributed by atoms with Crippen molar-refractivity contribution >= 4 is 5.78 Å². The van der Waals surface area contributed by atoms with E-state index in [-0.39, 0.29) is 5.78 Å². The molecule has 1 aromatic rings. The van der Waals surface area contributed by atoms with Crippen LogP contribution < -0.4 is 0 Å². The molecule has 1 aromatic heterocycles. The van der Waals surface area contributed by atoms with Crippen LogP contribution in [0.3, 0.4) is 0 Å². The molecule has 0 aliphatic rings. The first-order chi connectivity index (χ1) is 5.34. The van der Waals surface area contributed by atoms with Crippen molar-refractivity contribution in [2.75, 3.05) is 0 Å². The van der Waals surface area contributed by atoms with Gasteiger partial charge in [-0.1, -0.05) is 13.3 Å². The molecular weight excluding hydrogens is 140 g/mol. The standard InChI is InChI=1S/C8H12N2O/c1-2-3-4-7(11)8-9-5-6-10-8/h5-6H,2-4H2,1H3,(H,9,10). The molecule has 0 unspecified atom stereocenters. The monoisotopic (exact) mass is 152 g/mol. The zero-order valence-corrected chi connectivity index (χ0v) is 6.63. The van der Waals surface area contributed by atoms with Crippen molar-refractivity contribution in [1.82, 2.24) is 9.97 Å². The number of aromatic nitrogens is 2. The summed E-state index contributed by atoms with van der Waals surface area (Å²) in [5, 5.41) is 0. The maximum atomic E-state index is 11.2. The number of aromatic amines is 1. The highest BCUT2D eigenvalue weighted by Gasteiger charge is 2.05. The lowest BCUT2D eigenvalue weighted by atomic mass is 10.2. The normalized spacial score (nSPS) is 9.91. The second-order valence-electron chi connectivity index (χ2n) is 2.46. The largest absolute Gasteiger partial charge is 0.342 e. The summed E-state index contributed by atoms with van der Waals surface area (Å²) in [6, 6.07) is 0. The van der Waals surface area contributed by atoms with E-state index in [0.29, 0.717) is 12.2 Å². The fourth-order valence-corrected chi connectivity index (χ4v) is 0.873. The molecule has 0 radical (unpaired) electrons. The molecule has 0 saturated carbocycles. The minimum atomic E-state index is 0.108. The number of Topliss-reactive ketones (excluding diaryl/α,β-unsaturated/α-hetero) is 1. The molecule has 3 heteroatoms. The molecule has 0 aliphatic heterocycles. The molecule has 1 N–H and O–H groups in total. The molecule has 0 aliphatic carbocycles. The number of hydrogen-bond acceptors (Lipinski definition) is 2. The Morgan fingerprint density at radius 1 is 1.73 bits per heavy atom. The maximum Gasteiger partial charge on any atom is 0.198 e. The molecule has 60 valence electrons. The summed E-state index contributed by atoms with van der Waals surface area (Å²) in [6.07, 6.45) is 5.86. The third-order valence-electron chi connectivity index (χ3n) is 1.52. The van der Waals surface area contributed by atoms with E-state index in [9.17, 15) is 4.79 Å². The van der Waals surface area contributed by atoms with E-state index in [1.54, 1.807) is 12.4 Å². The zero-order valence-electron chi connectivity index (χ0n) is 6.63. The van der Waals surface area contributed by atoms with E-state index >= 15 is 0 Å². The summed E-state index contributed by atoms with van der Waals surface area (Å²) >= 11 is 0. The second kappa shape index (κ2) is 3.91. The summed E-state index contributed by atoms with van der Waals surface area (Å²) in [6.45, 7) is 2.06. The van der Waals surface area contributed by atoms with Crippen LogP contribution in [-0.4, -0.2) is 15.8 Å².